The lowest BCUT2D eigenvalue weighted by Crippen LogP contribution is -2.23. The molecule has 0 spiro atoms. The second-order valence-corrected chi connectivity index (χ2v) is 4.92. The van der Waals surface area contributed by atoms with Gasteiger partial charge in [0.2, 0.25) is 0 Å². The number of carbonyl (C=O) groups is 1. The zero-order valence-corrected chi connectivity index (χ0v) is 11.9. The summed E-state index contributed by atoms with van der Waals surface area (Å²) in [7, 11) is 0. The van der Waals surface area contributed by atoms with E-state index in [1.165, 1.54) is 0 Å². The van der Waals surface area contributed by atoms with Gasteiger partial charge in [-0.15, -0.1) is 0 Å². The van der Waals surface area contributed by atoms with Gasteiger partial charge >= 0.3 is 0 Å². The summed E-state index contributed by atoms with van der Waals surface area (Å²) in [6, 6.07) is 12.8. The summed E-state index contributed by atoms with van der Waals surface area (Å²) in [5, 5.41) is 12.5. The van der Waals surface area contributed by atoms with Gasteiger partial charge in [-0.1, -0.05) is 48.0 Å². The third-order valence-corrected chi connectivity index (χ3v) is 3.67. The van der Waals surface area contributed by atoms with Gasteiger partial charge in [0.05, 0.1) is 17.2 Å². The van der Waals surface area contributed by atoms with E-state index < -0.39 is 0 Å². The first-order valence-electron chi connectivity index (χ1n) is 6.34. The number of aliphatic hydroxyl groups excluding tert-OH is 1. The minimum Gasteiger partial charge on any atom is -0.392 e. The molecule has 0 saturated carbocycles. The van der Waals surface area contributed by atoms with E-state index in [1.807, 2.05) is 37.3 Å². The third-order valence-electron chi connectivity index (χ3n) is 3.16. The van der Waals surface area contributed by atoms with Crippen LogP contribution in [0.15, 0.2) is 42.5 Å². The van der Waals surface area contributed by atoms with Crippen LogP contribution in [0.5, 0.6) is 0 Å². The fraction of sp³-hybridized carbons (Fsp3) is 0.188. The smallest absolute Gasteiger partial charge is 0.253 e. The van der Waals surface area contributed by atoms with Gasteiger partial charge in [-0.25, -0.2) is 0 Å². The number of nitrogens with one attached hydrogen (secondary N) is 1. The molecule has 2 N–H and O–H groups in total. The average molecular weight is 290 g/mol. The second kappa shape index (κ2) is 6.55. The lowest BCUT2D eigenvalue weighted by Gasteiger charge is -2.10. The number of carbonyl (C=O) groups excluding carboxylic acids is 1. The summed E-state index contributed by atoms with van der Waals surface area (Å²) in [6.45, 7) is 2.18. The number of hydrogen-bond donors (Lipinski definition) is 2. The Hall–Kier alpha value is -1.84. The number of benzene rings is 2. The van der Waals surface area contributed by atoms with E-state index in [9.17, 15) is 9.90 Å². The summed E-state index contributed by atoms with van der Waals surface area (Å²) in [6.07, 6.45) is 0. The van der Waals surface area contributed by atoms with Crippen LogP contribution in [0.3, 0.4) is 0 Å². The van der Waals surface area contributed by atoms with Crippen molar-refractivity contribution in [1.29, 1.82) is 0 Å². The molecule has 4 heteroatoms. The van der Waals surface area contributed by atoms with Crippen molar-refractivity contribution in [2.75, 3.05) is 0 Å². The van der Waals surface area contributed by atoms with Crippen LogP contribution >= 0.6 is 11.6 Å². The number of amides is 1. The molecule has 0 unspecified atom stereocenters. The Bertz CT molecular complexity index is 626. The Balaban J connectivity index is 2.11. The highest BCUT2D eigenvalue weighted by Gasteiger charge is 2.11. The van der Waals surface area contributed by atoms with Gasteiger partial charge in [0.1, 0.15) is 0 Å². The minimum absolute atomic E-state index is 0.0444. The van der Waals surface area contributed by atoms with Crippen molar-refractivity contribution in [2.45, 2.75) is 20.1 Å². The lowest BCUT2D eigenvalue weighted by atomic mass is 10.1. The predicted octanol–water partition coefficient (Wildman–Crippen LogP) is 3.07. The van der Waals surface area contributed by atoms with Crippen molar-refractivity contribution in [3.8, 4) is 0 Å². The molecule has 2 aromatic rings. The molecule has 0 aliphatic carbocycles. The van der Waals surface area contributed by atoms with Gasteiger partial charge in [0.25, 0.3) is 5.91 Å². The fourth-order valence-electron chi connectivity index (χ4n) is 1.98. The van der Waals surface area contributed by atoms with E-state index in [0.717, 1.165) is 16.7 Å². The molecule has 0 radical (unpaired) electrons. The molecule has 2 rings (SSSR count). The van der Waals surface area contributed by atoms with Crippen molar-refractivity contribution < 1.29 is 9.90 Å². The van der Waals surface area contributed by atoms with Gasteiger partial charge in [-0.2, -0.15) is 0 Å². The van der Waals surface area contributed by atoms with Crippen LogP contribution < -0.4 is 5.32 Å². The SMILES string of the molecule is Cc1cccc(C(=O)NCc2ccccc2CO)c1Cl. The Morgan fingerprint density at radius 1 is 1.15 bits per heavy atom. The Labute approximate surface area is 123 Å². The first-order chi connectivity index (χ1) is 9.63. The summed E-state index contributed by atoms with van der Waals surface area (Å²) in [5.74, 6) is -0.216. The summed E-state index contributed by atoms with van der Waals surface area (Å²) >= 11 is 6.13. The molecule has 0 fully saturated rings. The zero-order valence-electron chi connectivity index (χ0n) is 11.2. The Morgan fingerprint density at radius 3 is 2.55 bits per heavy atom. The molecule has 1 amide bonds. The second-order valence-electron chi connectivity index (χ2n) is 4.55. The maximum absolute atomic E-state index is 12.1. The molecule has 0 aliphatic rings. The van der Waals surface area contributed by atoms with E-state index in [4.69, 9.17) is 11.6 Å². The molecule has 2 aromatic carbocycles. The Kier molecular flexibility index (Phi) is 4.77. The molecule has 3 nitrogen and oxygen atoms in total. The summed E-state index contributed by atoms with van der Waals surface area (Å²) < 4.78 is 0. The normalized spacial score (nSPS) is 10.3. The van der Waals surface area contributed by atoms with Gasteiger partial charge in [0, 0.05) is 6.54 Å². The van der Waals surface area contributed by atoms with Crippen molar-refractivity contribution in [1.82, 2.24) is 5.32 Å². The third kappa shape index (κ3) is 3.18. The largest absolute Gasteiger partial charge is 0.392 e. The van der Waals surface area contributed by atoms with Crippen LogP contribution in [0.4, 0.5) is 0 Å². The van der Waals surface area contributed by atoms with Crippen molar-refractivity contribution in [3.63, 3.8) is 0 Å². The number of aryl methyl sites for hydroxylation is 1. The van der Waals surface area contributed by atoms with Crippen LogP contribution in [0.1, 0.15) is 27.0 Å². The van der Waals surface area contributed by atoms with Crippen LogP contribution in [0.25, 0.3) is 0 Å². The van der Waals surface area contributed by atoms with E-state index in [2.05, 4.69) is 5.32 Å². The minimum atomic E-state index is -0.216. The van der Waals surface area contributed by atoms with Crippen LogP contribution in [0.2, 0.25) is 5.02 Å². The molecule has 0 aliphatic heterocycles. The first-order valence-corrected chi connectivity index (χ1v) is 6.72. The van der Waals surface area contributed by atoms with E-state index >= 15 is 0 Å². The standard InChI is InChI=1S/C16H16ClNO2/c1-11-5-4-8-14(15(11)17)16(20)18-9-12-6-2-3-7-13(12)10-19/h2-8,19H,9-10H2,1H3,(H,18,20). The maximum Gasteiger partial charge on any atom is 0.253 e. The quantitative estimate of drug-likeness (QED) is 0.909. The first kappa shape index (κ1) is 14.6. The monoisotopic (exact) mass is 289 g/mol. The Morgan fingerprint density at radius 2 is 1.85 bits per heavy atom. The summed E-state index contributed by atoms with van der Waals surface area (Å²) in [4.78, 5) is 12.1. The van der Waals surface area contributed by atoms with Gasteiger partial charge < -0.3 is 10.4 Å². The highest BCUT2D eigenvalue weighted by Crippen LogP contribution is 2.20. The van der Waals surface area contributed by atoms with E-state index in [0.29, 0.717) is 17.1 Å². The van der Waals surface area contributed by atoms with Crippen LogP contribution in [0, 0.1) is 6.92 Å². The fourth-order valence-corrected chi connectivity index (χ4v) is 2.19. The predicted molar refractivity (Wildman–Crippen MR) is 79.7 cm³/mol. The van der Waals surface area contributed by atoms with Crippen molar-refractivity contribution >= 4 is 17.5 Å². The molecular formula is C16H16ClNO2. The number of hydrogen-bond acceptors (Lipinski definition) is 2. The van der Waals surface area contributed by atoms with Gasteiger partial charge in [0.15, 0.2) is 0 Å². The van der Waals surface area contributed by atoms with Crippen LogP contribution in [-0.2, 0) is 13.2 Å². The molecule has 0 atom stereocenters. The van der Waals surface area contributed by atoms with E-state index in [1.54, 1.807) is 12.1 Å². The van der Waals surface area contributed by atoms with Gasteiger partial charge in [-0.3, -0.25) is 4.79 Å². The van der Waals surface area contributed by atoms with Crippen LogP contribution in [-0.4, -0.2) is 11.0 Å². The van der Waals surface area contributed by atoms with E-state index in [-0.39, 0.29) is 12.5 Å². The molecule has 0 heterocycles. The molecule has 20 heavy (non-hydrogen) atoms. The highest BCUT2D eigenvalue weighted by atomic mass is 35.5. The summed E-state index contributed by atoms with van der Waals surface area (Å²) in [5.41, 5.74) is 3.04. The molecule has 104 valence electrons. The maximum atomic E-state index is 12.1. The molecular weight excluding hydrogens is 274 g/mol. The number of halogens is 1. The van der Waals surface area contributed by atoms with Gasteiger partial charge in [-0.05, 0) is 29.7 Å². The number of aliphatic hydroxyl groups is 1. The number of rotatable bonds is 4. The van der Waals surface area contributed by atoms with Crippen molar-refractivity contribution in [2.24, 2.45) is 0 Å². The van der Waals surface area contributed by atoms with Crippen molar-refractivity contribution in [3.05, 3.63) is 69.7 Å². The zero-order chi connectivity index (χ0) is 14.5. The topological polar surface area (TPSA) is 49.3 Å². The average Bonchev–Trinajstić information content (AvgIpc) is 2.48. The molecule has 0 saturated heterocycles. The highest BCUT2D eigenvalue weighted by molar-refractivity contribution is 6.34. The molecule has 0 bridgehead atoms. The molecule has 0 aromatic heterocycles. The lowest BCUT2D eigenvalue weighted by molar-refractivity contribution is 0.0950.